The molecule has 3 aromatic rings. The van der Waals surface area contributed by atoms with Crippen LogP contribution >= 0.6 is 0 Å². The van der Waals surface area contributed by atoms with E-state index in [-0.39, 0.29) is 56.2 Å². The molecule has 1 aliphatic carbocycles. The molecule has 430 valence electrons. The number of carbonyl (C=O) groups excluding carboxylic acids is 4. The van der Waals surface area contributed by atoms with E-state index in [2.05, 4.69) is 30.7 Å². The Morgan fingerprint density at radius 2 is 1.03 bits per heavy atom. The molecule has 7 aliphatic rings. The van der Waals surface area contributed by atoms with Gasteiger partial charge in [0, 0.05) is 62.1 Å². The summed E-state index contributed by atoms with van der Waals surface area (Å²) in [7, 11) is -4.15. The van der Waals surface area contributed by atoms with Crippen molar-refractivity contribution in [2.24, 2.45) is 5.73 Å². The van der Waals surface area contributed by atoms with Crippen molar-refractivity contribution in [3.05, 3.63) is 95.1 Å². The first-order chi connectivity index (χ1) is 36.2. The highest BCUT2D eigenvalue weighted by atomic mass is 32.2. The molecule has 0 radical (unpaired) electrons. The van der Waals surface area contributed by atoms with Crippen molar-refractivity contribution in [1.82, 2.24) is 29.9 Å². The van der Waals surface area contributed by atoms with Crippen molar-refractivity contribution in [3.8, 4) is 0 Å². The Labute approximate surface area is 439 Å². The third-order valence-corrected chi connectivity index (χ3v) is 12.4. The summed E-state index contributed by atoms with van der Waals surface area (Å²) in [4.78, 5) is 84.7. The first kappa shape index (κ1) is 64.9. The zero-order valence-electron chi connectivity index (χ0n) is 40.9. The number of nitrogens with two attached hydrogens (primary N) is 1. The second-order valence-electron chi connectivity index (χ2n) is 17.4. The van der Waals surface area contributed by atoms with E-state index in [0.717, 1.165) is 24.8 Å². The highest BCUT2D eigenvalue weighted by Crippen LogP contribution is 2.20. The third-order valence-electron chi connectivity index (χ3n) is 11.2. The van der Waals surface area contributed by atoms with Crippen LogP contribution in [0, 0.1) is 5.41 Å². The second-order valence-corrected chi connectivity index (χ2v) is 18.9. The Balaban J connectivity index is 0.000000641. The van der Waals surface area contributed by atoms with Gasteiger partial charge in [0.1, 0.15) is 17.9 Å². The van der Waals surface area contributed by atoms with Gasteiger partial charge in [0.25, 0.3) is 10.2 Å². The fourth-order valence-electron chi connectivity index (χ4n) is 7.28. The number of fused-ring (bicyclic) bond motifs is 1. The van der Waals surface area contributed by atoms with Gasteiger partial charge in [-0.05, 0) is 60.2 Å². The van der Waals surface area contributed by atoms with Crippen LogP contribution in [0.4, 0.5) is 50.9 Å². The number of hydrogen-bond donors (Lipinski definition) is 11. The third kappa shape index (κ3) is 24.3. The smallest absolute Gasteiger partial charge is 0.475 e. The Bertz CT molecular complexity index is 2590. The number of aliphatic carboxylic acids is 3. The van der Waals surface area contributed by atoms with Gasteiger partial charge in [-0.1, -0.05) is 67.8 Å². The predicted octanol–water partition coefficient (Wildman–Crippen LogP) is 3.09. The summed E-state index contributed by atoms with van der Waals surface area (Å²) < 4.78 is 127. The van der Waals surface area contributed by atoms with E-state index in [1.807, 2.05) is 9.80 Å². The quantitative estimate of drug-likeness (QED) is 0.0877. The van der Waals surface area contributed by atoms with Crippen LogP contribution in [-0.4, -0.2) is 157 Å². The molecule has 6 aliphatic heterocycles. The van der Waals surface area contributed by atoms with Crippen molar-refractivity contribution in [3.63, 3.8) is 0 Å². The minimum atomic E-state index is -5.08. The van der Waals surface area contributed by atoms with Gasteiger partial charge >= 0.3 is 36.4 Å². The maximum atomic E-state index is 14.2. The fraction of sp³-hybridized carbons (Fsp3) is 0.435. The number of piperazine rings is 1. The average Bonchev–Trinajstić information content (AvgIpc) is 3.34. The van der Waals surface area contributed by atoms with Crippen LogP contribution in [0.3, 0.4) is 0 Å². The average molecular weight is 1140 g/mol. The first-order valence-electron chi connectivity index (χ1n) is 23.1. The molecular formula is C46H55F9N10O12S. The van der Waals surface area contributed by atoms with Crippen LogP contribution in [0.15, 0.2) is 72.8 Å². The summed E-state index contributed by atoms with van der Waals surface area (Å²) in [5.74, 6) is -9.93. The number of carboxylic acids is 3. The normalized spacial score (nSPS) is 19.7. The van der Waals surface area contributed by atoms with Gasteiger partial charge in [-0.3, -0.25) is 34.4 Å². The van der Waals surface area contributed by atoms with Crippen molar-refractivity contribution in [1.29, 1.82) is 5.41 Å². The molecule has 12 N–H and O–H groups in total. The molecule has 2 atom stereocenters. The summed E-state index contributed by atoms with van der Waals surface area (Å²) in [5, 5.41) is 40.5. The largest absolute Gasteiger partial charge is 0.490 e. The number of hydrogen-bond acceptors (Lipinski definition) is 12. The van der Waals surface area contributed by atoms with Crippen molar-refractivity contribution >= 4 is 69.0 Å². The highest BCUT2D eigenvalue weighted by molar-refractivity contribution is 7.87. The number of anilines is 2. The number of nitrogens with zero attached hydrogens (tertiary/aromatic N) is 2. The number of nitrogen functional groups attached to an aromatic ring is 1. The molecule has 0 aromatic heterocycles. The number of amides is 4. The van der Waals surface area contributed by atoms with Gasteiger partial charge < -0.3 is 42.3 Å². The van der Waals surface area contributed by atoms with E-state index in [9.17, 15) is 67.1 Å². The summed E-state index contributed by atoms with van der Waals surface area (Å²) in [6.45, 7) is 3.03. The SMILES string of the molecule is N=C(N)c1ccc(CNC(=O)[C@@H]2Cc3ccc(cc3)NC(=O)CN3CCN(CC3)CC(=O)Nc3ccc(cc3)C[C@@H](NS(=O)(=O)NC3CCCCC3)C(=O)N2)cc1.O=C(O)C(F)(F)F.O=C(O)C(F)(F)F.O=C(O)C(F)(F)F. The maximum Gasteiger partial charge on any atom is 0.490 e. The molecular weight excluding hydrogens is 1090 g/mol. The van der Waals surface area contributed by atoms with Gasteiger partial charge in [0.05, 0.1) is 13.1 Å². The molecule has 32 heteroatoms. The molecule has 3 aromatic carbocycles. The molecule has 10 rings (SSSR count). The number of benzene rings is 3. The molecule has 2 fully saturated rings. The molecule has 78 heavy (non-hydrogen) atoms. The Morgan fingerprint density at radius 1 is 0.628 bits per heavy atom. The lowest BCUT2D eigenvalue weighted by molar-refractivity contribution is -0.193. The fourth-order valence-corrected chi connectivity index (χ4v) is 8.59. The standard InChI is InChI=1S/C40H52N10O6S.3C2HF3O2/c41-38(42)30-12-6-29(7-13-30)24-43-39(53)34-22-27-8-14-31(15-9-27)44-36(51)25-49-18-20-50(21-19-49)26-37(52)45-32-16-10-28(11-17-32)23-35(40(54)46-34)48-57(55,56)47-33-4-2-1-3-5-33;3*3-2(4,5)1(6)7/h6-17,33-35,47-48H,1-5,18-26H2,(H3,41,42)(H,43,53)(H,44,51)(H,45,52)(H,46,54);3*(H,6,7)/t34-,35+;;;/m0.../s1. The Morgan fingerprint density at radius 3 is 1.41 bits per heavy atom. The lowest BCUT2D eigenvalue weighted by Gasteiger charge is -2.33. The molecule has 6 bridgehead atoms. The summed E-state index contributed by atoms with van der Waals surface area (Å²) >= 11 is 0. The molecule has 4 amide bonds. The van der Waals surface area contributed by atoms with Crippen LogP contribution in [0.25, 0.3) is 0 Å². The lowest BCUT2D eigenvalue weighted by Crippen LogP contribution is -2.57. The minimum absolute atomic E-state index is 0.0405. The van der Waals surface area contributed by atoms with E-state index in [0.29, 0.717) is 67.1 Å². The van der Waals surface area contributed by atoms with Gasteiger partial charge in [-0.25, -0.2) is 14.4 Å². The summed E-state index contributed by atoms with van der Waals surface area (Å²) in [5.41, 5.74) is 9.31. The van der Waals surface area contributed by atoms with E-state index < -0.39 is 70.5 Å². The minimum Gasteiger partial charge on any atom is -0.475 e. The number of carboxylic acid groups (broad SMARTS) is 3. The number of carbonyl (C=O) groups is 7. The number of amidine groups is 1. The van der Waals surface area contributed by atoms with Gasteiger partial charge in [-0.2, -0.15) is 57.4 Å². The van der Waals surface area contributed by atoms with E-state index in [1.54, 1.807) is 72.8 Å². The van der Waals surface area contributed by atoms with Crippen LogP contribution < -0.4 is 36.4 Å². The zero-order chi connectivity index (χ0) is 58.6. The van der Waals surface area contributed by atoms with E-state index >= 15 is 0 Å². The monoisotopic (exact) mass is 1140 g/mol. The predicted molar refractivity (Wildman–Crippen MR) is 259 cm³/mol. The summed E-state index contributed by atoms with van der Waals surface area (Å²) in [6, 6.07) is 18.0. The molecule has 0 spiro atoms. The van der Waals surface area contributed by atoms with Crippen LogP contribution in [0.1, 0.15) is 54.4 Å². The van der Waals surface area contributed by atoms with Crippen molar-refractivity contribution in [2.75, 3.05) is 49.9 Å². The second kappa shape index (κ2) is 29.4. The van der Waals surface area contributed by atoms with Crippen LogP contribution in [-0.2, 0) is 63.2 Å². The lowest BCUT2D eigenvalue weighted by atomic mass is 9.96. The van der Waals surface area contributed by atoms with Gasteiger partial charge in [-0.15, -0.1) is 0 Å². The number of nitrogens with one attached hydrogen (secondary N) is 7. The molecule has 22 nitrogen and oxygen atoms in total. The topological polar surface area (TPSA) is 343 Å². The molecule has 1 saturated carbocycles. The Kier molecular flexibility index (Phi) is 24.4. The van der Waals surface area contributed by atoms with Crippen LogP contribution in [0.5, 0.6) is 0 Å². The number of rotatable bonds is 8. The number of halogens is 9. The molecule has 0 unspecified atom stereocenters. The van der Waals surface area contributed by atoms with Gasteiger partial charge in [0.15, 0.2) is 0 Å². The van der Waals surface area contributed by atoms with Crippen molar-refractivity contribution < 1.29 is 96.8 Å². The summed E-state index contributed by atoms with van der Waals surface area (Å²) in [6.07, 6.45) is -11.0. The maximum absolute atomic E-state index is 14.2. The van der Waals surface area contributed by atoms with E-state index in [4.69, 9.17) is 40.8 Å². The Hall–Kier alpha value is -7.42. The van der Waals surface area contributed by atoms with E-state index in [1.165, 1.54) is 0 Å². The molecule has 6 heterocycles. The van der Waals surface area contributed by atoms with Crippen molar-refractivity contribution in [2.45, 2.75) is 88.1 Å². The van der Waals surface area contributed by atoms with Crippen LogP contribution in [0.2, 0.25) is 0 Å². The first-order valence-corrected chi connectivity index (χ1v) is 24.6. The number of alkyl halides is 9. The molecule has 1 saturated heterocycles. The zero-order valence-corrected chi connectivity index (χ0v) is 41.7. The highest BCUT2D eigenvalue weighted by Gasteiger charge is 2.40. The van der Waals surface area contributed by atoms with Gasteiger partial charge in [0.2, 0.25) is 23.6 Å².